The van der Waals surface area contributed by atoms with Gasteiger partial charge in [-0.15, -0.1) is 0 Å². The minimum atomic E-state index is -1.23. The number of nitrogens with one attached hydrogen (secondary N) is 1. The molecule has 2 aliphatic rings. The summed E-state index contributed by atoms with van der Waals surface area (Å²) in [7, 11) is 0. The van der Waals surface area contributed by atoms with Gasteiger partial charge >= 0.3 is 0 Å². The van der Waals surface area contributed by atoms with Gasteiger partial charge < -0.3 is 10.1 Å². The predicted octanol–water partition coefficient (Wildman–Crippen LogP) is 3.55. The Hall–Kier alpha value is -1.09. The van der Waals surface area contributed by atoms with E-state index in [4.69, 9.17) is 4.74 Å². The first-order chi connectivity index (χ1) is 9.07. The lowest BCUT2D eigenvalue weighted by Gasteiger charge is -2.36. The zero-order valence-electron chi connectivity index (χ0n) is 11.7. The van der Waals surface area contributed by atoms with E-state index >= 15 is 4.39 Å². The maximum atomic E-state index is 15.4. The van der Waals surface area contributed by atoms with Gasteiger partial charge in [-0.25, -0.2) is 4.39 Å². The topological polar surface area (TPSA) is 21.3 Å². The van der Waals surface area contributed by atoms with Crippen LogP contribution in [0, 0.1) is 0 Å². The number of alkyl halides is 1. The molecule has 0 aromatic heterocycles. The van der Waals surface area contributed by atoms with E-state index in [2.05, 4.69) is 5.32 Å². The second kappa shape index (κ2) is 4.78. The summed E-state index contributed by atoms with van der Waals surface area (Å²) < 4.78 is 21.2. The molecule has 2 heterocycles. The van der Waals surface area contributed by atoms with Crippen LogP contribution in [-0.2, 0) is 5.67 Å². The van der Waals surface area contributed by atoms with Crippen molar-refractivity contribution in [3.8, 4) is 5.75 Å². The second-order valence-electron chi connectivity index (χ2n) is 6.17. The first-order valence-corrected chi connectivity index (χ1v) is 7.28. The molecule has 2 fully saturated rings. The predicted molar refractivity (Wildman–Crippen MR) is 74.2 cm³/mol. The first-order valence-electron chi connectivity index (χ1n) is 7.28. The highest BCUT2D eigenvalue weighted by atomic mass is 19.1. The average Bonchev–Trinajstić information content (AvgIpc) is 2.69. The zero-order chi connectivity index (χ0) is 13.5. The van der Waals surface area contributed by atoms with E-state index in [0.717, 1.165) is 18.4 Å². The van der Waals surface area contributed by atoms with Gasteiger partial charge in [0.15, 0.2) is 0 Å². The van der Waals surface area contributed by atoms with Crippen LogP contribution in [0.5, 0.6) is 5.75 Å². The summed E-state index contributed by atoms with van der Waals surface area (Å²) in [5.41, 5.74) is -0.496. The quantitative estimate of drug-likeness (QED) is 0.900. The minimum absolute atomic E-state index is 0.0724. The maximum Gasteiger partial charge on any atom is 0.142 e. The second-order valence-corrected chi connectivity index (χ2v) is 6.17. The van der Waals surface area contributed by atoms with Crippen molar-refractivity contribution in [2.24, 2.45) is 0 Å². The molecule has 0 radical (unpaired) electrons. The van der Waals surface area contributed by atoms with E-state index in [1.165, 1.54) is 0 Å². The Labute approximate surface area is 114 Å². The third kappa shape index (κ3) is 2.48. The number of fused-ring (bicyclic) bond motifs is 2. The van der Waals surface area contributed by atoms with Crippen LogP contribution in [0.25, 0.3) is 0 Å². The summed E-state index contributed by atoms with van der Waals surface area (Å²) in [5.74, 6) is 0.710. The molecule has 3 rings (SSSR count). The van der Waals surface area contributed by atoms with Crippen LogP contribution in [0.3, 0.4) is 0 Å². The molecule has 2 nitrogen and oxygen atoms in total. The van der Waals surface area contributed by atoms with Crippen molar-refractivity contribution in [2.75, 3.05) is 0 Å². The molecule has 2 aliphatic heterocycles. The van der Waals surface area contributed by atoms with Gasteiger partial charge in [-0.1, -0.05) is 18.2 Å². The number of rotatable bonds is 3. The zero-order valence-corrected chi connectivity index (χ0v) is 11.7. The molecule has 1 aromatic rings. The van der Waals surface area contributed by atoms with Crippen LogP contribution in [-0.4, -0.2) is 18.2 Å². The van der Waals surface area contributed by atoms with Crippen LogP contribution in [0.15, 0.2) is 24.3 Å². The van der Waals surface area contributed by atoms with Crippen molar-refractivity contribution in [2.45, 2.75) is 63.4 Å². The number of hydrogen-bond donors (Lipinski definition) is 1. The maximum absolute atomic E-state index is 15.4. The van der Waals surface area contributed by atoms with Crippen LogP contribution in [0.2, 0.25) is 0 Å². The molecule has 2 bridgehead atoms. The van der Waals surface area contributed by atoms with Gasteiger partial charge in [0.05, 0.1) is 6.10 Å². The summed E-state index contributed by atoms with van der Waals surface area (Å²) in [6, 6.07) is 8.27. The van der Waals surface area contributed by atoms with E-state index in [9.17, 15) is 0 Å². The monoisotopic (exact) mass is 263 g/mol. The van der Waals surface area contributed by atoms with E-state index in [1.54, 1.807) is 0 Å². The number of para-hydroxylation sites is 1. The van der Waals surface area contributed by atoms with Gasteiger partial charge in [-0.3, -0.25) is 0 Å². The Morgan fingerprint density at radius 3 is 2.47 bits per heavy atom. The van der Waals surface area contributed by atoms with Crippen molar-refractivity contribution in [1.29, 1.82) is 0 Å². The smallest absolute Gasteiger partial charge is 0.142 e. The number of halogens is 1. The molecule has 0 spiro atoms. The highest BCUT2D eigenvalue weighted by Gasteiger charge is 2.46. The molecule has 104 valence electrons. The largest absolute Gasteiger partial charge is 0.491 e. The summed E-state index contributed by atoms with van der Waals surface area (Å²) in [6.07, 6.45) is 3.42. The van der Waals surface area contributed by atoms with E-state index in [1.807, 2.05) is 38.1 Å². The van der Waals surface area contributed by atoms with Gasteiger partial charge in [0.25, 0.3) is 0 Å². The van der Waals surface area contributed by atoms with Crippen LogP contribution >= 0.6 is 0 Å². The standard InChI is InChI=1S/C16H22FNO/c1-11(2)19-15-6-4-3-5-14(15)16(17)9-12-7-8-13(10-16)18-12/h3-6,11-13,18H,7-10H2,1-2H3. The third-order valence-corrected chi connectivity index (χ3v) is 4.21. The first kappa shape index (κ1) is 12.9. The number of piperidine rings is 1. The van der Waals surface area contributed by atoms with Crippen LogP contribution < -0.4 is 10.1 Å². The highest BCUT2D eigenvalue weighted by molar-refractivity contribution is 5.39. The molecule has 0 saturated carbocycles. The molecule has 1 N–H and O–H groups in total. The number of hydrogen-bond acceptors (Lipinski definition) is 2. The van der Waals surface area contributed by atoms with Gasteiger partial charge in [0.2, 0.25) is 0 Å². The molecular weight excluding hydrogens is 241 g/mol. The SMILES string of the molecule is CC(C)Oc1ccccc1C1(F)CC2CCC(C1)N2. The summed E-state index contributed by atoms with van der Waals surface area (Å²) in [4.78, 5) is 0. The molecule has 2 saturated heterocycles. The Bertz CT molecular complexity index is 448. The van der Waals surface area contributed by atoms with Crippen molar-refractivity contribution < 1.29 is 9.13 Å². The molecule has 2 unspecified atom stereocenters. The summed E-state index contributed by atoms with van der Waals surface area (Å²) in [5, 5.41) is 3.49. The van der Waals surface area contributed by atoms with Crippen molar-refractivity contribution in [1.82, 2.24) is 5.32 Å². The Balaban J connectivity index is 1.92. The van der Waals surface area contributed by atoms with Crippen molar-refractivity contribution in [3.05, 3.63) is 29.8 Å². The van der Waals surface area contributed by atoms with Crippen LogP contribution in [0.1, 0.15) is 45.1 Å². The molecule has 0 aliphatic carbocycles. The average molecular weight is 263 g/mol. The number of ether oxygens (including phenoxy) is 1. The van der Waals surface area contributed by atoms with Gasteiger partial charge in [-0.05, 0) is 32.8 Å². The van der Waals surface area contributed by atoms with E-state index in [0.29, 0.717) is 30.7 Å². The Kier molecular flexibility index (Phi) is 3.25. The molecule has 0 amide bonds. The molecule has 3 heteroatoms. The fourth-order valence-corrected chi connectivity index (χ4v) is 3.50. The van der Waals surface area contributed by atoms with Crippen molar-refractivity contribution in [3.63, 3.8) is 0 Å². The van der Waals surface area contributed by atoms with Gasteiger partial charge in [0.1, 0.15) is 11.4 Å². The Morgan fingerprint density at radius 1 is 1.21 bits per heavy atom. The van der Waals surface area contributed by atoms with E-state index < -0.39 is 5.67 Å². The molecule has 1 aromatic carbocycles. The molecule has 2 atom stereocenters. The lowest BCUT2D eigenvalue weighted by Crippen LogP contribution is -2.44. The third-order valence-electron chi connectivity index (χ3n) is 4.21. The van der Waals surface area contributed by atoms with Gasteiger partial charge in [-0.2, -0.15) is 0 Å². The molecule has 19 heavy (non-hydrogen) atoms. The normalized spacial score (nSPS) is 33.7. The lowest BCUT2D eigenvalue weighted by molar-refractivity contribution is 0.0817. The Morgan fingerprint density at radius 2 is 1.84 bits per heavy atom. The highest BCUT2D eigenvalue weighted by Crippen LogP contribution is 2.46. The number of benzene rings is 1. The molecular formula is C16H22FNO. The lowest BCUT2D eigenvalue weighted by atomic mass is 9.82. The van der Waals surface area contributed by atoms with Crippen LogP contribution in [0.4, 0.5) is 4.39 Å². The van der Waals surface area contributed by atoms with Crippen molar-refractivity contribution >= 4 is 0 Å². The van der Waals surface area contributed by atoms with E-state index in [-0.39, 0.29) is 6.10 Å². The fourth-order valence-electron chi connectivity index (χ4n) is 3.50. The van der Waals surface area contributed by atoms with Gasteiger partial charge in [0, 0.05) is 30.5 Å². The minimum Gasteiger partial charge on any atom is -0.491 e. The fraction of sp³-hybridized carbons (Fsp3) is 0.625. The summed E-state index contributed by atoms with van der Waals surface area (Å²) in [6.45, 7) is 3.96. The summed E-state index contributed by atoms with van der Waals surface area (Å²) >= 11 is 0.